The minimum atomic E-state index is -1.84. The van der Waals surface area contributed by atoms with Gasteiger partial charge in [-0.1, -0.05) is 98.1 Å². The fourth-order valence-electron chi connectivity index (χ4n) is 7.19. The van der Waals surface area contributed by atoms with Crippen LogP contribution < -0.4 is 0 Å². The molecule has 1 spiro atoms. The van der Waals surface area contributed by atoms with Gasteiger partial charge in [0.1, 0.15) is 0 Å². The van der Waals surface area contributed by atoms with Crippen LogP contribution in [0.1, 0.15) is 83.5 Å². The number of halogens is 1. The summed E-state index contributed by atoms with van der Waals surface area (Å²) >= 11 is 3.86. The molecule has 0 radical (unpaired) electrons. The molecule has 4 atom stereocenters. The van der Waals surface area contributed by atoms with Gasteiger partial charge in [0, 0.05) is 16.5 Å². The van der Waals surface area contributed by atoms with E-state index in [-0.39, 0.29) is 17.1 Å². The SMILES string of the molecule is CCO[C@H](c1ccccc1Br)[C@H]1CCCC[C@]12CC[C@]2(O[Si](CC)(CC)CC)c1ccccc1. The Kier molecular flexibility index (Phi) is 8.44. The quantitative estimate of drug-likeness (QED) is 0.278. The van der Waals surface area contributed by atoms with Crippen LogP contribution in [0.4, 0.5) is 0 Å². The minimum Gasteiger partial charge on any atom is -0.407 e. The molecule has 2 aromatic carbocycles. The first-order valence-electron chi connectivity index (χ1n) is 13.6. The summed E-state index contributed by atoms with van der Waals surface area (Å²) in [4.78, 5) is 0. The second-order valence-corrected chi connectivity index (χ2v) is 16.0. The van der Waals surface area contributed by atoms with Crippen molar-refractivity contribution in [2.24, 2.45) is 11.3 Å². The summed E-state index contributed by atoms with van der Waals surface area (Å²) in [6.45, 7) is 9.97. The van der Waals surface area contributed by atoms with Crippen molar-refractivity contribution in [2.45, 2.75) is 96.1 Å². The zero-order valence-corrected chi connectivity index (χ0v) is 24.2. The average Bonchev–Trinajstić information content (AvgIpc) is 2.89. The lowest BCUT2D eigenvalue weighted by Gasteiger charge is -2.67. The first kappa shape index (κ1) is 26.1. The number of benzene rings is 2. The highest BCUT2D eigenvalue weighted by Crippen LogP contribution is 2.70. The molecule has 0 aliphatic heterocycles. The fourth-order valence-corrected chi connectivity index (χ4v) is 10.8. The molecule has 186 valence electrons. The van der Waals surface area contributed by atoms with Gasteiger partial charge in [0.25, 0.3) is 0 Å². The summed E-state index contributed by atoms with van der Waals surface area (Å²) in [6.07, 6.45) is 7.49. The molecule has 0 heterocycles. The van der Waals surface area contributed by atoms with Crippen molar-refractivity contribution in [1.82, 2.24) is 0 Å². The molecule has 4 rings (SSSR count). The van der Waals surface area contributed by atoms with Crippen LogP contribution in [0.5, 0.6) is 0 Å². The molecule has 2 aromatic rings. The Balaban J connectivity index is 1.86. The van der Waals surface area contributed by atoms with Gasteiger partial charge in [-0.05, 0) is 73.9 Å². The van der Waals surface area contributed by atoms with Crippen LogP contribution in [-0.2, 0) is 14.8 Å². The van der Waals surface area contributed by atoms with Gasteiger partial charge in [-0.3, -0.25) is 0 Å². The molecule has 0 N–H and O–H groups in total. The third-order valence-corrected chi connectivity index (χ3v) is 14.7. The third-order valence-electron chi connectivity index (χ3n) is 9.31. The molecule has 2 saturated carbocycles. The Bertz CT molecular complexity index is 922. The molecule has 4 heteroatoms. The summed E-state index contributed by atoms with van der Waals surface area (Å²) in [7, 11) is -1.84. The van der Waals surface area contributed by atoms with Gasteiger partial charge in [-0.2, -0.15) is 0 Å². The number of hydrogen-bond donors (Lipinski definition) is 0. The predicted octanol–water partition coefficient (Wildman–Crippen LogP) is 9.41. The van der Waals surface area contributed by atoms with Crippen LogP contribution in [-0.4, -0.2) is 14.9 Å². The Morgan fingerprint density at radius 2 is 1.56 bits per heavy atom. The van der Waals surface area contributed by atoms with Crippen LogP contribution >= 0.6 is 15.9 Å². The summed E-state index contributed by atoms with van der Waals surface area (Å²) in [6, 6.07) is 23.5. The predicted molar refractivity (Wildman–Crippen MR) is 149 cm³/mol. The van der Waals surface area contributed by atoms with Crippen molar-refractivity contribution in [2.75, 3.05) is 6.61 Å². The zero-order valence-electron chi connectivity index (χ0n) is 21.6. The van der Waals surface area contributed by atoms with Crippen molar-refractivity contribution in [3.8, 4) is 0 Å². The van der Waals surface area contributed by atoms with Crippen LogP contribution in [0.15, 0.2) is 59.1 Å². The van der Waals surface area contributed by atoms with E-state index in [1.54, 1.807) is 0 Å². The minimum absolute atomic E-state index is 0.0915. The highest BCUT2D eigenvalue weighted by Gasteiger charge is 2.67. The maximum atomic E-state index is 7.68. The molecule has 2 fully saturated rings. The molecule has 0 unspecified atom stereocenters. The molecule has 0 saturated heterocycles. The van der Waals surface area contributed by atoms with Crippen molar-refractivity contribution >= 4 is 24.2 Å². The van der Waals surface area contributed by atoms with Gasteiger partial charge in [0.2, 0.25) is 0 Å². The Morgan fingerprint density at radius 3 is 2.15 bits per heavy atom. The lowest BCUT2D eigenvalue weighted by atomic mass is 9.44. The maximum Gasteiger partial charge on any atom is 0.193 e. The van der Waals surface area contributed by atoms with Gasteiger partial charge in [-0.15, -0.1) is 0 Å². The van der Waals surface area contributed by atoms with E-state index in [4.69, 9.17) is 9.16 Å². The van der Waals surface area contributed by atoms with E-state index < -0.39 is 8.32 Å². The fraction of sp³-hybridized carbons (Fsp3) is 0.600. The van der Waals surface area contributed by atoms with Gasteiger partial charge >= 0.3 is 0 Å². The van der Waals surface area contributed by atoms with E-state index in [0.717, 1.165) is 13.0 Å². The maximum absolute atomic E-state index is 7.68. The second-order valence-electron chi connectivity index (χ2n) is 10.4. The average molecular weight is 544 g/mol. The molecule has 2 aliphatic carbocycles. The topological polar surface area (TPSA) is 18.5 Å². The first-order chi connectivity index (χ1) is 16.5. The monoisotopic (exact) mass is 542 g/mol. The number of rotatable bonds is 10. The summed E-state index contributed by atoms with van der Waals surface area (Å²) < 4.78 is 15.5. The molecule has 0 amide bonds. The Labute approximate surface area is 217 Å². The van der Waals surface area contributed by atoms with Gasteiger partial charge < -0.3 is 9.16 Å². The van der Waals surface area contributed by atoms with Crippen LogP contribution in [0.2, 0.25) is 18.1 Å². The largest absolute Gasteiger partial charge is 0.407 e. The summed E-state index contributed by atoms with van der Waals surface area (Å²) in [5.41, 5.74) is 2.64. The van der Waals surface area contributed by atoms with Crippen LogP contribution in [0.3, 0.4) is 0 Å². The second kappa shape index (κ2) is 11.0. The number of hydrogen-bond acceptors (Lipinski definition) is 2. The summed E-state index contributed by atoms with van der Waals surface area (Å²) in [5.74, 6) is 0.450. The van der Waals surface area contributed by atoms with E-state index in [2.05, 4.69) is 98.2 Å². The molecule has 2 nitrogen and oxygen atoms in total. The third kappa shape index (κ3) is 4.38. The smallest absolute Gasteiger partial charge is 0.193 e. The Hall–Kier alpha value is -0.943. The van der Waals surface area contributed by atoms with Gasteiger partial charge in [0.05, 0.1) is 11.7 Å². The molecule has 34 heavy (non-hydrogen) atoms. The highest BCUT2D eigenvalue weighted by atomic mass is 79.9. The lowest BCUT2D eigenvalue weighted by Crippen LogP contribution is -2.65. The Morgan fingerprint density at radius 1 is 0.882 bits per heavy atom. The zero-order chi connectivity index (χ0) is 24.2. The molecule has 0 bridgehead atoms. The lowest BCUT2D eigenvalue weighted by molar-refractivity contribution is -0.231. The molecular weight excluding hydrogens is 500 g/mol. The normalized spacial score (nSPS) is 28.0. The van der Waals surface area contributed by atoms with E-state index in [1.807, 2.05) is 0 Å². The van der Waals surface area contributed by atoms with E-state index in [1.165, 1.54) is 65.8 Å². The van der Waals surface area contributed by atoms with E-state index >= 15 is 0 Å². The van der Waals surface area contributed by atoms with Gasteiger partial charge in [0.15, 0.2) is 8.32 Å². The van der Waals surface area contributed by atoms with Crippen molar-refractivity contribution in [3.05, 3.63) is 70.2 Å². The van der Waals surface area contributed by atoms with E-state index in [9.17, 15) is 0 Å². The van der Waals surface area contributed by atoms with E-state index in [0.29, 0.717) is 5.92 Å². The standard InChI is InChI=1S/C30H43BrO2Si/c1-5-32-28(25-18-12-13-20-27(25)31)26-19-14-15-21-29(26)22-23-30(29,24-16-10-9-11-17-24)33-34(6-2,7-3)8-4/h9-13,16-18,20,26,28H,5-8,14-15,19,21-23H2,1-4H3/t26-,28-,29+,30+/m1/s1. The van der Waals surface area contributed by atoms with Crippen LogP contribution in [0, 0.1) is 11.3 Å². The first-order valence-corrected chi connectivity index (χ1v) is 17.0. The number of ether oxygens (including phenoxy) is 1. The van der Waals surface area contributed by atoms with Crippen molar-refractivity contribution in [3.63, 3.8) is 0 Å². The van der Waals surface area contributed by atoms with Crippen molar-refractivity contribution in [1.29, 1.82) is 0 Å². The molecule has 0 aromatic heterocycles. The van der Waals surface area contributed by atoms with Gasteiger partial charge in [-0.25, -0.2) is 0 Å². The highest BCUT2D eigenvalue weighted by molar-refractivity contribution is 9.10. The van der Waals surface area contributed by atoms with Crippen molar-refractivity contribution < 1.29 is 9.16 Å². The molecule has 2 aliphatic rings. The molecular formula is C30H43BrO2Si. The van der Waals surface area contributed by atoms with Crippen LogP contribution in [0.25, 0.3) is 0 Å². The summed E-state index contributed by atoms with van der Waals surface area (Å²) in [5, 5.41) is 0.